The molecule has 0 fully saturated rings. The Labute approximate surface area is 111 Å². The summed E-state index contributed by atoms with van der Waals surface area (Å²) in [5.74, 6) is 0.710. The number of rotatable bonds is 6. The number of nitrogens with one attached hydrogen (secondary N) is 1. The molecule has 0 aromatic heterocycles. The zero-order valence-electron chi connectivity index (χ0n) is 11.6. The van der Waals surface area contributed by atoms with Crippen molar-refractivity contribution in [2.24, 2.45) is 5.92 Å². The van der Waals surface area contributed by atoms with Crippen molar-refractivity contribution in [1.29, 1.82) is 0 Å². The van der Waals surface area contributed by atoms with E-state index in [1.165, 1.54) is 30.4 Å². The van der Waals surface area contributed by atoms with Crippen LogP contribution in [0.1, 0.15) is 30.9 Å². The number of likely N-dealkylation sites (N-methyl/N-ethyl adjacent to an activating group) is 1. The molecule has 0 saturated carbocycles. The highest BCUT2D eigenvalue weighted by molar-refractivity contribution is 5.30. The molecule has 1 aromatic rings. The fraction of sp³-hybridized carbons (Fsp3) is 0.625. The van der Waals surface area contributed by atoms with Gasteiger partial charge in [0.05, 0.1) is 6.61 Å². The molecular formula is C16H25NO. The fourth-order valence-electron chi connectivity index (χ4n) is 2.88. The minimum Gasteiger partial charge on any atom is -0.380 e. The molecule has 1 aliphatic carbocycles. The molecule has 0 amide bonds. The maximum Gasteiger partial charge on any atom is 0.0622 e. The second-order valence-electron chi connectivity index (χ2n) is 5.24. The molecule has 0 saturated heterocycles. The third kappa shape index (κ3) is 3.33. The minimum atomic E-state index is 0.491. The largest absolute Gasteiger partial charge is 0.380 e. The highest BCUT2D eigenvalue weighted by atomic mass is 16.5. The van der Waals surface area contributed by atoms with Gasteiger partial charge in [-0.15, -0.1) is 0 Å². The van der Waals surface area contributed by atoms with Crippen molar-refractivity contribution in [3.05, 3.63) is 35.4 Å². The van der Waals surface area contributed by atoms with Gasteiger partial charge >= 0.3 is 0 Å². The number of benzene rings is 1. The molecule has 1 N–H and O–H groups in total. The summed E-state index contributed by atoms with van der Waals surface area (Å²) in [7, 11) is 2.06. The molecule has 2 heteroatoms. The van der Waals surface area contributed by atoms with Gasteiger partial charge in [-0.05, 0) is 49.8 Å². The van der Waals surface area contributed by atoms with Crippen LogP contribution in [0.25, 0.3) is 0 Å². The molecule has 0 bridgehead atoms. The molecule has 100 valence electrons. The first-order valence-corrected chi connectivity index (χ1v) is 7.17. The first-order chi connectivity index (χ1) is 8.85. The SMILES string of the molecule is CCCOCC(NC)C1CCc2ccccc2C1. The van der Waals surface area contributed by atoms with E-state index in [1.807, 2.05) is 0 Å². The summed E-state index contributed by atoms with van der Waals surface area (Å²) in [6.07, 6.45) is 4.78. The highest BCUT2D eigenvalue weighted by Crippen LogP contribution is 2.27. The van der Waals surface area contributed by atoms with Crippen LogP contribution in [-0.2, 0) is 17.6 Å². The van der Waals surface area contributed by atoms with E-state index in [-0.39, 0.29) is 0 Å². The number of fused-ring (bicyclic) bond motifs is 1. The lowest BCUT2D eigenvalue weighted by Crippen LogP contribution is -2.40. The van der Waals surface area contributed by atoms with E-state index < -0.39 is 0 Å². The molecule has 2 unspecified atom stereocenters. The van der Waals surface area contributed by atoms with Crippen LogP contribution < -0.4 is 5.32 Å². The van der Waals surface area contributed by atoms with Gasteiger partial charge in [-0.3, -0.25) is 0 Å². The Morgan fingerprint density at radius 2 is 2.11 bits per heavy atom. The molecule has 1 aromatic carbocycles. The summed E-state index contributed by atoms with van der Waals surface area (Å²) in [5.41, 5.74) is 3.07. The van der Waals surface area contributed by atoms with Gasteiger partial charge in [0.25, 0.3) is 0 Å². The Balaban J connectivity index is 1.93. The molecule has 18 heavy (non-hydrogen) atoms. The lowest BCUT2D eigenvalue weighted by Gasteiger charge is -2.31. The summed E-state index contributed by atoms with van der Waals surface area (Å²) in [6, 6.07) is 9.35. The monoisotopic (exact) mass is 247 g/mol. The first-order valence-electron chi connectivity index (χ1n) is 7.17. The van der Waals surface area contributed by atoms with E-state index in [9.17, 15) is 0 Å². The lowest BCUT2D eigenvalue weighted by molar-refractivity contribution is 0.0928. The Kier molecular flexibility index (Phi) is 5.21. The zero-order chi connectivity index (χ0) is 12.8. The molecule has 2 rings (SSSR count). The number of hydrogen-bond donors (Lipinski definition) is 1. The average molecular weight is 247 g/mol. The fourth-order valence-corrected chi connectivity index (χ4v) is 2.88. The molecule has 0 spiro atoms. The first kappa shape index (κ1) is 13.6. The molecule has 2 atom stereocenters. The number of hydrogen-bond acceptors (Lipinski definition) is 2. The van der Waals surface area contributed by atoms with Crippen molar-refractivity contribution in [2.75, 3.05) is 20.3 Å². The van der Waals surface area contributed by atoms with Crippen molar-refractivity contribution in [3.8, 4) is 0 Å². The van der Waals surface area contributed by atoms with Gasteiger partial charge in [-0.2, -0.15) is 0 Å². The zero-order valence-corrected chi connectivity index (χ0v) is 11.6. The van der Waals surface area contributed by atoms with E-state index in [4.69, 9.17) is 4.74 Å². The van der Waals surface area contributed by atoms with Crippen molar-refractivity contribution in [3.63, 3.8) is 0 Å². The summed E-state index contributed by atoms with van der Waals surface area (Å²) >= 11 is 0. The number of ether oxygens (including phenoxy) is 1. The number of aryl methyl sites for hydroxylation is 1. The van der Waals surface area contributed by atoms with Crippen LogP contribution in [0.5, 0.6) is 0 Å². The van der Waals surface area contributed by atoms with Crippen LogP contribution in [-0.4, -0.2) is 26.3 Å². The van der Waals surface area contributed by atoms with Crippen molar-refractivity contribution >= 4 is 0 Å². The molecule has 1 aliphatic rings. The van der Waals surface area contributed by atoms with Crippen LogP contribution in [0, 0.1) is 5.92 Å². The van der Waals surface area contributed by atoms with Crippen molar-refractivity contribution in [2.45, 2.75) is 38.6 Å². The van der Waals surface area contributed by atoms with E-state index in [1.54, 1.807) is 0 Å². The van der Waals surface area contributed by atoms with Crippen molar-refractivity contribution < 1.29 is 4.74 Å². The predicted molar refractivity (Wildman–Crippen MR) is 75.9 cm³/mol. The Bertz CT molecular complexity index is 364. The molecular weight excluding hydrogens is 222 g/mol. The standard InChI is InChI=1S/C16H25NO/c1-3-10-18-12-16(17-2)15-9-8-13-6-4-5-7-14(13)11-15/h4-7,15-17H,3,8-12H2,1-2H3. The average Bonchev–Trinajstić information content (AvgIpc) is 2.43. The van der Waals surface area contributed by atoms with Gasteiger partial charge in [-0.1, -0.05) is 31.2 Å². The molecule has 2 nitrogen and oxygen atoms in total. The second kappa shape index (κ2) is 6.91. The van der Waals surface area contributed by atoms with Crippen LogP contribution >= 0.6 is 0 Å². The molecule has 0 aliphatic heterocycles. The summed E-state index contributed by atoms with van der Waals surface area (Å²) in [4.78, 5) is 0. The van der Waals surface area contributed by atoms with Gasteiger partial charge in [0.2, 0.25) is 0 Å². The topological polar surface area (TPSA) is 21.3 Å². The maximum atomic E-state index is 5.71. The molecule has 0 heterocycles. The van der Waals surface area contributed by atoms with Crippen LogP contribution in [0.15, 0.2) is 24.3 Å². The summed E-state index contributed by atoms with van der Waals surface area (Å²) < 4.78 is 5.71. The maximum absolute atomic E-state index is 5.71. The summed E-state index contributed by atoms with van der Waals surface area (Å²) in [5, 5.41) is 3.44. The van der Waals surface area contributed by atoms with E-state index in [0.29, 0.717) is 12.0 Å². The van der Waals surface area contributed by atoms with E-state index in [2.05, 4.69) is 43.6 Å². The van der Waals surface area contributed by atoms with Crippen LogP contribution in [0.2, 0.25) is 0 Å². The second-order valence-corrected chi connectivity index (χ2v) is 5.24. The van der Waals surface area contributed by atoms with Crippen LogP contribution in [0.4, 0.5) is 0 Å². The van der Waals surface area contributed by atoms with Gasteiger partial charge in [-0.25, -0.2) is 0 Å². The Morgan fingerprint density at radius 1 is 1.33 bits per heavy atom. The van der Waals surface area contributed by atoms with Gasteiger partial charge in [0.1, 0.15) is 0 Å². The minimum absolute atomic E-state index is 0.491. The van der Waals surface area contributed by atoms with Gasteiger partial charge in [0.15, 0.2) is 0 Å². The molecule has 0 radical (unpaired) electrons. The Hall–Kier alpha value is -0.860. The van der Waals surface area contributed by atoms with Crippen molar-refractivity contribution in [1.82, 2.24) is 5.32 Å². The van der Waals surface area contributed by atoms with Gasteiger partial charge < -0.3 is 10.1 Å². The van der Waals surface area contributed by atoms with E-state index in [0.717, 1.165) is 19.6 Å². The Morgan fingerprint density at radius 3 is 2.83 bits per heavy atom. The highest BCUT2D eigenvalue weighted by Gasteiger charge is 2.25. The van der Waals surface area contributed by atoms with E-state index >= 15 is 0 Å². The third-order valence-corrected chi connectivity index (χ3v) is 3.97. The van der Waals surface area contributed by atoms with Crippen LogP contribution in [0.3, 0.4) is 0 Å². The quantitative estimate of drug-likeness (QED) is 0.781. The lowest BCUT2D eigenvalue weighted by atomic mass is 9.80. The smallest absolute Gasteiger partial charge is 0.0622 e. The summed E-state index contributed by atoms with van der Waals surface area (Å²) in [6.45, 7) is 3.88. The third-order valence-electron chi connectivity index (χ3n) is 3.97. The van der Waals surface area contributed by atoms with Gasteiger partial charge in [0, 0.05) is 12.6 Å². The predicted octanol–water partition coefficient (Wildman–Crippen LogP) is 2.81. The normalized spacial score (nSPS) is 20.4.